The molecule has 7 heteroatoms. The van der Waals surface area contributed by atoms with Gasteiger partial charge in [-0.05, 0) is 50.1 Å². The van der Waals surface area contributed by atoms with Crippen molar-refractivity contribution in [2.45, 2.75) is 45.7 Å². The first-order chi connectivity index (χ1) is 13.5. The molecule has 5 N–H and O–H groups in total. The summed E-state index contributed by atoms with van der Waals surface area (Å²) in [4.78, 5) is 24.1. The van der Waals surface area contributed by atoms with E-state index in [1.165, 1.54) is 18.2 Å². The van der Waals surface area contributed by atoms with Crippen molar-refractivity contribution in [1.82, 2.24) is 5.32 Å². The number of primary amides is 1. The minimum atomic E-state index is -0.792. The molecule has 0 heterocycles. The Labute approximate surface area is 170 Å². The fraction of sp³-hybridized carbons (Fsp3) is 0.333. The predicted octanol–water partition coefficient (Wildman–Crippen LogP) is 3.91. The van der Waals surface area contributed by atoms with Gasteiger partial charge in [0.15, 0.2) is 5.78 Å². The summed E-state index contributed by atoms with van der Waals surface area (Å²) in [6.07, 6.45) is -0.725. The lowest BCUT2D eigenvalue weighted by molar-refractivity contribution is -0.118. The number of rotatable bonds is 8. The monoisotopic (exact) mass is 406 g/mol. The number of hydrogen-bond donors (Lipinski definition) is 3. The third-order valence-electron chi connectivity index (χ3n) is 4.52. The quantitative estimate of drug-likeness (QED) is 0.457. The van der Waals surface area contributed by atoms with Crippen molar-refractivity contribution in [3.05, 3.63) is 63.4 Å². The second kappa shape index (κ2) is 9.17. The van der Waals surface area contributed by atoms with Crippen LogP contribution in [-0.4, -0.2) is 17.7 Å². The second-order valence-electron chi connectivity index (χ2n) is 6.78. The summed E-state index contributed by atoms with van der Waals surface area (Å²) in [5.74, 6) is -1.87. The number of carbonyl (C=O) groups excluding carboxylic acids is 2. The van der Waals surface area contributed by atoms with Crippen LogP contribution in [0.15, 0.2) is 30.3 Å². The molecular formula is C21H25ClFN3O2. The van der Waals surface area contributed by atoms with Crippen molar-refractivity contribution < 1.29 is 15.4 Å². The maximum Gasteiger partial charge on any atom is 0.218 e. The fourth-order valence-electron chi connectivity index (χ4n) is 3.01. The number of benzene rings is 2. The van der Waals surface area contributed by atoms with Crippen molar-refractivity contribution in [3.8, 4) is 0 Å². The molecule has 2 rings (SSSR count). The van der Waals surface area contributed by atoms with Crippen LogP contribution < -0.4 is 16.8 Å². The van der Waals surface area contributed by atoms with E-state index in [2.05, 4.69) is 5.32 Å². The molecule has 28 heavy (non-hydrogen) atoms. The highest BCUT2D eigenvalue weighted by Gasteiger charge is 2.25. The van der Waals surface area contributed by atoms with Gasteiger partial charge in [-0.15, -0.1) is 0 Å². The van der Waals surface area contributed by atoms with Gasteiger partial charge in [0.05, 0.1) is 10.6 Å². The fourth-order valence-corrected chi connectivity index (χ4v) is 3.24. The average Bonchev–Trinajstić information content (AvgIpc) is 2.61. The van der Waals surface area contributed by atoms with Crippen molar-refractivity contribution in [3.63, 3.8) is 0 Å². The van der Waals surface area contributed by atoms with Crippen LogP contribution >= 0.6 is 11.6 Å². The van der Waals surface area contributed by atoms with Crippen molar-refractivity contribution >= 4 is 29.0 Å². The van der Waals surface area contributed by atoms with E-state index in [1.54, 1.807) is 32.9 Å². The minimum Gasteiger partial charge on any atom is -0.399 e. The van der Waals surface area contributed by atoms with E-state index in [9.17, 15) is 9.59 Å². The van der Waals surface area contributed by atoms with Crippen LogP contribution in [0.4, 0.5) is 10.1 Å². The molecule has 2 aromatic rings. The van der Waals surface area contributed by atoms with Gasteiger partial charge < -0.3 is 16.8 Å². The molecule has 150 valence electrons. The number of nitrogens with two attached hydrogens (primary N) is 2. The van der Waals surface area contributed by atoms with Crippen LogP contribution in [0.1, 0.15) is 61.1 Å². The molecule has 0 bridgehead atoms. The number of nitrogen functional groups attached to an aromatic ring is 1. The Hall–Kier alpha value is -2.44. The Balaban J connectivity index is 2.48. The van der Waals surface area contributed by atoms with E-state index in [0.717, 1.165) is 0 Å². The van der Waals surface area contributed by atoms with Gasteiger partial charge in [-0.1, -0.05) is 24.6 Å². The van der Waals surface area contributed by atoms with Gasteiger partial charge in [0.2, 0.25) is 5.91 Å². The lowest BCUT2D eigenvalue weighted by atomic mass is 9.95. The predicted molar refractivity (Wildman–Crippen MR) is 110 cm³/mol. The molecule has 0 unspecified atom stereocenters. The smallest absolute Gasteiger partial charge is 0.218 e. The largest absolute Gasteiger partial charge is 0.399 e. The van der Waals surface area contributed by atoms with E-state index in [4.69, 9.17) is 24.4 Å². The number of ketones is 1. The molecule has 0 fully saturated rings. The first kappa shape index (κ1) is 20.3. The first-order valence-electron chi connectivity index (χ1n) is 9.46. The highest BCUT2D eigenvalue weighted by molar-refractivity contribution is 6.35. The maximum atomic E-state index is 15.4. The van der Waals surface area contributed by atoms with Crippen molar-refractivity contribution in [2.75, 3.05) is 5.73 Å². The van der Waals surface area contributed by atoms with E-state index >= 15 is 4.39 Å². The normalized spacial score (nSPS) is 14.8. The van der Waals surface area contributed by atoms with Crippen LogP contribution in [0, 0.1) is 12.7 Å². The van der Waals surface area contributed by atoms with Gasteiger partial charge in [0, 0.05) is 36.7 Å². The third-order valence-corrected chi connectivity index (χ3v) is 4.83. The molecule has 2 aromatic carbocycles. The topological polar surface area (TPSA) is 98.2 Å². The molecule has 0 spiro atoms. The summed E-state index contributed by atoms with van der Waals surface area (Å²) in [5, 5.41) is 3.03. The lowest BCUT2D eigenvalue weighted by Crippen LogP contribution is -2.34. The third kappa shape index (κ3) is 4.88. The summed E-state index contributed by atoms with van der Waals surface area (Å²) in [7, 11) is 0. The Morgan fingerprint density at radius 2 is 2.00 bits per heavy atom. The molecule has 0 aliphatic carbocycles. The molecule has 1 amide bonds. The van der Waals surface area contributed by atoms with Crippen molar-refractivity contribution in [1.29, 1.82) is 0 Å². The zero-order valence-electron chi connectivity index (χ0n) is 17.1. The molecule has 0 aromatic heterocycles. The standard InChI is InChI=1S/C21H25ClFN3O2/c1-4-17(26-12(3)10-18(25)27)14-6-7-15(22)19(20(14)23)21(28)13-5-8-16(24)11(2)9-13/h5-9,12,17,26H,4,10,24H2,1-3H3,(H2,25,27)/t12-,17+/m0/s1/i4D/t4-,12+,17-/m1. The van der Waals surface area contributed by atoms with Crippen LogP contribution in [0.5, 0.6) is 0 Å². The summed E-state index contributed by atoms with van der Waals surface area (Å²) >= 11 is 6.16. The SMILES string of the molecule is [2H][C@H](C)[C@@H](N[C@@H](C)CC(N)=O)c1ccc(Cl)c(C(=O)c2ccc(N)c(C)c2)c1F. The highest BCUT2D eigenvalue weighted by Crippen LogP contribution is 2.30. The molecule has 0 aliphatic heterocycles. The van der Waals surface area contributed by atoms with Gasteiger partial charge in [-0.25, -0.2) is 4.39 Å². The average molecular weight is 407 g/mol. The van der Waals surface area contributed by atoms with Gasteiger partial charge in [-0.3, -0.25) is 9.59 Å². The summed E-state index contributed by atoms with van der Waals surface area (Å²) < 4.78 is 23.5. The van der Waals surface area contributed by atoms with E-state index in [0.29, 0.717) is 11.3 Å². The Morgan fingerprint density at radius 3 is 2.57 bits per heavy atom. The number of halogens is 2. The van der Waals surface area contributed by atoms with Gasteiger partial charge in [0.1, 0.15) is 5.82 Å². The zero-order chi connectivity index (χ0) is 21.9. The second-order valence-corrected chi connectivity index (χ2v) is 7.18. The van der Waals surface area contributed by atoms with Gasteiger partial charge >= 0.3 is 0 Å². The Kier molecular flexibility index (Phi) is 6.65. The van der Waals surface area contributed by atoms with E-state index in [-0.39, 0.29) is 34.2 Å². The van der Waals surface area contributed by atoms with E-state index < -0.39 is 29.9 Å². The van der Waals surface area contributed by atoms with Crippen molar-refractivity contribution in [2.24, 2.45) is 5.73 Å². The number of anilines is 1. The molecule has 0 radical (unpaired) electrons. The van der Waals surface area contributed by atoms with Crippen LogP contribution in [0.3, 0.4) is 0 Å². The number of aryl methyl sites for hydroxylation is 1. The zero-order valence-corrected chi connectivity index (χ0v) is 16.8. The van der Waals surface area contributed by atoms with E-state index in [1.807, 2.05) is 0 Å². The number of hydrogen-bond acceptors (Lipinski definition) is 4. The lowest BCUT2D eigenvalue weighted by Gasteiger charge is -2.23. The van der Waals surface area contributed by atoms with Crippen LogP contribution in [0.2, 0.25) is 5.02 Å². The van der Waals surface area contributed by atoms with Crippen LogP contribution in [-0.2, 0) is 4.79 Å². The van der Waals surface area contributed by atoms with Gasteiger partial charge in [-0.2, -0.15) is 0 Å². The summed E-state index contributed by atoms with van der Waals surface area (Å²) in [5.41, 5.74) is 12.4. The molecule has 5 nitrogen and oxygen atoms in total. The highest BCUT2D eigenvalue weighted by atomic mass is 35.5. The molecule has 0 saturated heterocycles. The minimum absolute atomic E-state index is 0.0210. The Bertz CT molecular complexity index is 936. The molecule has 0 aliphatic rings. The maximum absolute atomic E-state index is 15.4. The van der Waals surface area contributed by atoms with Gasteiger partial charge in [0.25, 0.3) is 0 Å². The number of carbonyl (C=O) groups is 2. The molecule has 0 saturated carbocycles. The molecule has 3 atom stereocenters. The first-order valence-corrected chi connectivity index (χ1v) is 9.26. The molecular weight excluding hydrogens is 381 g/mol. The number of amides is 1. The Morgan fingerprint density at radius 1 is 1.32 bits per heavy atom. The summed E-state index contributed by atoms with van der Waals surface area (Å²) in [6, 6.07) is 6.43. The number of nitrogens with one attached hydrogen (secondary N) is 1. The summed E-state index contributed by atoms with van der Waals surface area (Å²) in [6.45, 7) is 5.06. The van der Waals surface area contributed by atoms with Crippen LogP contribution in [0.25, 0.3) is 0 Å².